The van der Waals surface area contributed by atoms with Crippen LogP contribution in [0.15, 0.2) is 48.5 Å². The Kier molecular flexibility index (Phi) is 12.2. The summed E-state index contributed by atoms with van der Waals surface area (Å²) in [4.78, 5) is 50.8. The highest BCUT2D eigenvalue weighted by atomic mass is 35.5. The average Bonchev–Trinajstić information content (AvgIpc) is 2.86. The lowest BCUT2D eigenvalue weighted by atomic mass is 10.1. The molecule has 0 saturated heterocycles. The highest BCUT2D eigenvalue weighted by Gasteiger charge is 2.32. The third-order valence-corrected chi connectivity index (χ3v) is 6.72. The number of Topliss-reactive ketones (excluding diaryl/α,β-unsaturated/α-hetero) is 1. The van der Waals surface area contributed by atoms with Gasteiger partial charge in [-0.3, -0.25) is 9.59 Å². The molecule has 39 heavy (non-hydrogen) atoms. The topological polar surface area (TPSA) is 165 Å². The van der Waals surface area contributed by atoms with E-state index in [1.165, 1.54) is 25.1 Å². The maximum Gasteiger partial charge on any atom is 0.408 e. The van der Waals surface area contributed by atoms with Gasteiger partial charge in [0.1, 0.15) is 22.5 Å². The van der Waals surface area contributed by atoms with Crippen LogP contribution in [-0.2, 0) is 35.5 Å². The van der Waals surface area contributed by atoms with E-state index < -0.39 is 52.0 Å². The van der Waals surface area contributed by atoms with Crippen molar-refractivity contribution in [2.24, 2.45) is 0 Å². The van der Waals surface area contributed by atoms with Gasteiger partial charge in [0.25, 0.3) is 0 Å². The first-order chi connectivity index (χ1) is 18.3. The number of hydrogen-bond donors (Lipinski definition) is 3. The van der Waals surface area contributed by atoms with Crippen molar-refractivity contribution in [3.05, 3.63) is 69.7 Å². The van der Waals surface area contributed by atoms with Gasteiger partial charge in [-0.2, -0.15) is 0 Å². The summed E-state index contributed by atoms with van der Waals surface area (Å²) in [5, 5.41) is 14.6. The fourth-order valence-electron chi connectivity index (χ4n) is 3.16. The van der Waals surface area contributed by atoms with E-state index in [4.69, 9.17) is 32.7 Å². The summed E-state index contributed by atoms with van der Waals surface area (Å²) < 4.78 is 33.1. The molecule has 212 valence electrons. The Bertz CT molecular complexity index is 1290. The van der Waals surface area contributed by atoms with Crippen molar-refractivity contribution in [1.82, 2.24) is 10.6 Å². The molecule has 0 heterocycles. The van der Waals surface area contributed by atoms with Crippen LogP contribution in [0.5, 0.6) is 0 Å². The van der Waals surface area contributed by atoms with E-state index in [2.05, 4.69) is 10.6 Å². The minimum absolute atomic E-state index is 0.0383. The Hall–Kier alpha value is -3.19. The highest BCUT2D eigenvalue weighted by Crippen LogP contribution is 2.22. The third-order valence-electron chi connectivity index (χ3n) is 5.13. The molecule has 0 aliphatic carbocycles. The lowest BCUT2D eigenvalue weighted by Crippen LogP contribution is -2.56. The Morgan fingerprint density at radius 2 is 1.69 bits per heavy atom. The van der Waals surface area contributed by atoms with Crippen LogP contribution in [0.1, 0.15) is 35.7 Å². The number of rotatable bonds is 13. The molecule has 3 atom stereocenters. The zero-order valence-corrected chi connectivity index (χ0v) is 23.4. The summed E-state index contributed by atoms with van der Waals surface area (Å²) in [7, 11) is -3.38. The predicted octanol–water partition coefficient (Wildman–Crippen LogP) is 2.66. The van der Waals surface area contributed by atoms with Crippen molar-refractivity contribution in [1.29, 1.82) is 0 Å². The van der Waals surface area contributed by atoms with Crippen LogP contribution in [-0.4, -0.2) is 67.7 Å². The van der Waals surface area contributed by atoms with Gasteiger partial charge in [0, 0.05) is 17.7 Å². The Balaban J connectivity index is 2.16. The molecule has 3 N–H and O–H groups in total. The Morgan fingerprint density at radius 3 is 2.31 bits per heavy atom. The lowest BCUT2D eigenvalue weighted by Gasteiger charge is -2.24. The minimum atomic E-state index is -3.38. The van der Waals surface area contributed by atoms with Gasteiger partial charge < -0.3 is 25.2 Å². The molecule has 0 aliphatic heterocycles. The third kappa shape index (κ3) is 11.2. The number of sulfone groups is 1. The van der Waals surface area contributed by atoms with Crippen molar-refractivity contribution in [3.8, 4) is 0 Å². The van der Waals surface area contributed by atoms with Gasteiger partial charge in [0.05, 0.1) is 22.4 Å². The minimum Gasteiger partial charge on any atom is -0.445 e. The molecule has 0 saturated carbocycles. The number of amides is 2. The molecular formula is C25H28Cl2N2O9S. The summed E-state index contributed by atoms with van der Waals surface area (Å²) in [5.41, 5.74) is 0.485. The van der Waals surface area contributed by atoms with Gasteiger partial charge in [0.15, 0.2) is 5.78 Å². The molecule has 0 spiro atoms. The van der Waals surface area contributed by atoms with Crippen LogP contribution in [0.4, 0.5) is 4.79 Å². The maximum atomic E-state index is 13.0. The quantitative estimate of drug-likeness (QED) is 0.231. The molecule has 0 fully saturated rings. The molecule has 2 aromatic rings. The van der Waals surface area contributed by atoms with Crippen LogP contribution >= 0.6 is 23.2 Å². The molecule has 0 aromatic heterocycles. The number of alkyl carbamates (subject to hydrolysis) is 1. The number of carbonyl (C=O) groups is 4. The first kappa shape index (κ1) is 32.0. The Morgan fingerprint density at radius 1 is 1.03 bits per heavy atom. The van der Waals surface area contributed by atoms with Crippen molar-refractivity contribution >= 4 is 56.8 Å². The molecule has 0 aliphatic rings. The SMILES string of the molecule is C[C@H](O)[C@H](NC(=O)OCc1ccccc1)C(=O)NC(OC(=O)c1cc(Cl)ccc1Cl)C(=O)CCCS(C)(=O)=O. The number of esters is 1. The molecule has 2 aromatic carbocycles. The molecule has 2 amide bonds. The number of ketones is 1. The van der Waals surface area contributed by atoms with E-state index in [1.807, 2.05) is 0 Å². The van der Waals surface area contributed by atoms with Crippen LogP contribution in [0.2, 0.25) is 10.0 Å². The van der Waals surface area contributed by atoms with Crippen molar-refractivity contribution in [3.63, 3.8) is 0 Å². The zero-order valence-electron chi connectivity index (χ0n) is 21.1. The van der Waals surface area contributed by atoms with Gasteiger partial charge in [-0.15, -0.1) is 0 Å². The molecular weight excluding hydrogens is 575 g/mol. The first-order valence-electron chi connectivity index (χ1n) is 11.6. The van der Waals surface area contributed by atoms with E-state index in [-0.39, 0.29) is 40.8 Å². The van der Waals surface area contributed by atoms with E-state index in [0.29, 0.717) is 5.56 Å². The largest absolute Gasteiger partial charge is 0.445 e. The molecule has 11 nitrogen and oxygen atoms in total. The first-order valence-corrected chi connectivity index (χ1v) is 14.4. The number of hydrogen-bond acceptors (Lipinski definition) is 9. The van der Waals surface area contributed by atoms with E-state index in [9.17, 15) is 32.7 Å². The summed E-state index contributed by atoms with van der Waals surface area (Å²) in [6, 6.07) is 11.0. The smallest absolute Gasteiger partial charge is 0.408 e. The second-order valence-electron chi connectivity index (χ2n) is 8.54. The molecule has 1 unspecified atom stereocenters. The number of halogens is 2. The summed E-state index contributed by atoms with van der Waals surface area (Å²) in [6.45, 7) is 1.10. The number of aliphatic hydroxyl groups is 1. The normalized spacial score (nSPS) is 13.5. The number of ether oxygens (including phenoxy) is 2. The van der Waals surface area contributed by atoms with Crippen molar-refractivity contribution in [2.45, 2.75) is 44.7 Å². The number of carbonyl (C=O) groups excluding carboxylic acids is 4. The van der Waals surface area contributed by atoms with E-state index >= 15 is 0 Å². The second kappa shape index (κ2) is 14.8. The summed E-state index contributed by atoms with van der Waals surface area (Å²) in [5.74, 6) is -3.34. The Labute approximate surface area is 235 Å². The van der Waals surface area contributed by atoms with Gasteiger partial charge >= 0.3 is 12.1 Å². The van der Waals surface area contributed by atoms with E-state index in [1.54, 1.807) is 30.3 Å². The van der Waals surface area contributed by atoms with Crippen LogP contribution in [0.25, 0.3) is 0 Å². The summed E-state index contributed by atoms with van der Waals surface area (Å²) in [6.07, 6.45) is -3.87. The fraction of sp³-hybridized carbons (Fsp3) is 0.360. The van der Waals surface area contributed by atoms with Crippen LogP contribution in [0, 0.1) is 0 Å². The molecule has 14 heteroatoms. The standard InChI is InChI=1S/C25H28Cl2N2O9S/c1-15(30)21(28-25(34)37-14-16-7-4-3-5-8-16)22(32)29-23(20(31)9-6-12-39(2,35)36)38-24(33)18-13-17(26)10-11-19(18)27/h3-5,7-8,10-11,13,15,21,23,30H,6,9,12,14H2,1-2H3,(H,28,34)(H,29,32)/t15-,21-,23?/m0/s1. The van der Waals surface area contributed by atoms with Crippen molar-refractivity contribution in [2.75, 3.05) is 12.0 Å². The number of benzene rings is 2. The molecule has 2 rings (SSSR count). The predicted molar refractivity (Wildman–Crippen MR) is 143 cm³/mol. The van der Waals surface area contributed by atoms with Crippen LogP contribution in [0.3, 0.4) is 0 Å². The fourth-order valence-corrected chi connectivity index (χ4v) is 4.19. The van der Waals surface area contributed by atoms with E-state index in [0.717, 1.165) is 6.26 Å². The number of nitrogens with one attached hydrogen (secondary N) is 2. The monoisotopic (exact) mass is 602 g/mol. The lowest BCUT2D eigenvalue weighted by molar-refractivity contribution is -0.138. The zero-order chi connectivity index (χ0) is 29.2. The molecule has 0 radical (unpaired) electrons. The molecule has 0 bridgehead atoms. The highest BCUT2D eigenvalue weighted by molar-refractivity contribution is 7.90. The second-order valence-corrected chi connectivity index (χ2v) is 11.6. The average molecular weight is 603 g/mol. The van der Waals surface area contributed by atoms with Gasteiger partial charge in [-0.25, -0.2) is 18.0 Å². The van der Waals surface area contributed by atoms with Gasteiger partial charge in [-0.05, 0) is 37.1 Å². The summed E-state index contributed by atoms with van der Waals surface area (Å²) >= 11 is 11.9. The van der Waals surface area contributed by atoms with Gasteiger partial charge in [0.2, 0.25) is 12.1 Å². The van der Waals surface area contributed by atoms with Gasteiger partial charge in [-0.1, -0.05) is 53.5 Å². The van der Waals surface area contributed by atoms with Crippen molar-refractivity contribution < 1.29 is 42.2 Å². The maximum absolute atomic E-state index is 13.0. The van der Waals surface area contributed by atoms with Crippen LogP contribution < -0.4 is 10.6 Å². The number of aliphatic hydroxyl groups excluding tert-OH is 1.